The molecule has 2 aliphatic carbocycles. The van der Waals surface area contributed by atoms with E-state index in [9.17, 15) is 13.2 Å². The van der Waals surface area contributed by atoms with E-state index in [-0.39, 0.29) is 5.41 Å². The molecule has 1 aromatic rings. The van der Waals surface area contributed by atoms with Crippen molar-refractivity contribution in [1.82, 2.24) is 0 Å². The average Bonchev–Trinajstić information content (AvgIpc) is 2.97. The van der Waals surface area contributed by atoms with Gasteiger partial charge in [0.2, 0.25) is 0 Å². The molecule has 0 radical (unpaired) electrons. The van der Waals surface area contributed by atoms with Gasteiger partial charge in [-0.1, -0.05) is 18.2 Å². The molecule has 104 valence electrons. The first kappa shape index (κ1) is 13.3. The summed E-state index contributed by atoms with van der Waals surface area (Å²) in [6.45, 7) is 0. The smallest absolute Gasteiger partial charge is 0.166 e. The number of halogens is 4. The second-order valence-corrected chi connectivity index (χ2v) is 6.44. The van der Waals surface area contributed by atoms with E-state index in [1.54, 1.807) is 6.07 Å². The SMILES string of the molecule is FC(F)(F)c1cccc(CC2(CCl)CC3CC3C2)c1. The van der Waals surface area contributed by atoms with Gasteiger partial charge in [-0.25, -0.2) is 0 Å². The molecule has 0 N–H and O–H groups in total. The van der Waals surface area contributed by atoms with E-state index in [2.05, 4.69) is 0 Å². The molecule has 2 aliphatic rings. The molecule has 0 aromatic heterocycles. The predicted octanol–water partition coefficient (Wildman–Crippen LogP) is 4.90. The minimum atomic E-state index is -4.26. The number of benzene rings is 1. The Kier molecular flexibility index (Phi) is 3.08. The van der Waals surface area contributed by atoms with Crippen molar-refractivity contribution in [3.05, 3.63) is 35.4 Å². The van der Waals surface area contributed by atoms with Crippen LogP contribution >= 0.6 is 11.6 Å². The Balaban J connectivity index is 1.79. The monoisotopic (exact) mass is 288 g/mol. The number of hydrogen-bond donors (Lipinski definition) is 0. The van der Waals surface area contributed by atoms with Crippen LogP contribution < -0.4 is 0 Å². The van der Waals surface area contributed by atoms with Gasteiger partial charge in [-0.3, -0.25) is 0 Å². The summed E-state index contributed by atoms with van der Waals surface area (Å²) < 4.78 is 38.1. The lowest BCUT2D eigenvalue weighted by Gasteiger charge is -2.28. The second-order valence-electron chi connectivity index (χ2n) is 6.17. The van der Waals surface area contributed by atoms with Gasteiger partial charge in [-0.05, 0) is 54.6 Å². The lowest BCUT2D eigenvalue weighted by molar-refractivity contribution is -0.137. The van der Waals surface area contributed by atoms with E-state index in [4.69, 9.17) is 11.6 Å². The fraction of sp³-hybridized carbons (Fsp3) is 0.600. The van der Waals surface area contributed by atoms with E-state index in [1.807, 2.05) is 0 Å². The van der Waals surface area contributed by atoms with Crippen molar-refractivity contribution in [2.45, 2.75) is 31.9 Å². The topological polar surface area (TPSA) is 0 Å². The molecule has 0 bridgehead atoms. The molecule has 2 atom stereocenters. The van der Waals surface area contributed by atoms with E-state index >= 15 is 0 Å². The molecular formula is C15H16ClF3. The summed E-state index contributed by atoms with van der Waals surface area (Å²) in [5.74, 6) is 2.12. The minimum absolute atomic E-state index is 0.0271. The molecule has 0 saturated heterocycles. The van der Waals surface area contributed by atoms with Crippen molar-refractivity contribution in [3.8, 4) is 0 Å². The standard InChI is InChI=1S/C15H16ClF3/c16-9-14(7-11-5-12(11)8-14)6-10-2-1-3-13(4-10)15(17,18)19/h1-4,11-12H,5-9H2. The fourth-order valence-corrected chi connectivity index (χ4v) is 3.91. The zero-order valence-electron chi connectivity index (χ0n) is 10.5. The zero-order chi connectivity index (χ0) is 13.7. The molecule has 0 nitrogen and oxygen atoms in total. The first-order valence-electron chi connectivity index (χ1n) is 6.64. The second kappa shape index (κ2) is 4.41. The summed E-state index contributed by atoms with van der Waals surface area (Å²) in [6, 6.07) is 5.68. The van der Waals surface area contributed by atoms with Crippen LogP contribution in [-0.2, 0) is 12.6 Å². The van der Waals surface area contributed by atoms with Gasteiger partial charge >= 0.3 is 6.18 Å². The highest BCUT2D eigenvalue weighted by Crippen LogP contribution is 2.61. The molecule has 4 heteroatoms. The Morgan fingerprint density at radius 2 is 1.89 bits per heavy atom. The van der Waals surface area contributed by atoms with Crippen LogP contribution in [0.5, 0.6) is 0 Å². The molecule has 0 heterocycles. The molecule has 0 spiro atoms. The molecule has 0 amide bonds. The molecule has 0 aliphatic heterocycles. The highest BCUT2D eigenvalue weighted by molar-refractivity contribution is 6.18. The van der Waals surface area contributed by atoms with Crippen LogP contribution in [0.1, 0.15) is 30.4 Å². The van der Waals surface area contributed by atoms with E-state index < -0.39 is 11.7 Å². The third-order valence-electron chi connectivity index (χ3n) is 4.58. The van der Waals surface area contributed by atoms with E-state index in [0.29, 0.717) is 12.3 Å². The molecular weight excluding hydrogens is 273 g/mol. The van der Waals surface area contributed by atoms with Crippen molar-refractivity contribution < 1.29 is 13.2 Å². The van der Waals surface area contributed by atoms with Gasteiger partial charge in [0.05, 0.1) is 5.56 Å². The van der Waals surface area contributed by atoms with E-state index in [0.717, 1.165) is 36.3 Å². The summed E-state index contributed by atoms with van der Waals surface area (Å²) in [7, 11) is 0. The zero-order valence-corrected chi connectivity index (χ0v) is 11.3. The van der Waals surface area contributed by atoms with Crippen LogP contribution in [0.4, 0.5) is 13.2 Å². The van der Waals surface area contributed by atoms with E-state index in [1.165, 1.54) is 18.6 Å². The van der Waals surface area contributed by atoms with Gasteiger partial charge < -0.3 is 0 Å². The van der Waals surface area contributed by atoms with Gasteiger partial charge in [0, 0.05) is 5.88 Å². The Hall–Kier alpha value is -0.700. The molecule has 19 heavy (non-hydrogen) atoms. The molecule has 2 unspecified atom stereocenters. The molecule has 2 saturated carbocycles. The highest BCUT2D eigenvalue weighted by atomic mass is 35.5. The quantitative estimate of drug-likeness (QED) is 0.694. The summed E-state index contributed by atoms with van der Waals surface area (Å²) in [4.78, 5) is 0. The van der Waals surface area contributed by atoms with Gasteiger partial charge in [-0.2, -0.15) is 13.2 Å². The Bertz CT molecular complexity index is 471. The lowest BCUT2D eigenvalue weighted by atomic mass is 9.79. The first-order valence-corrected chi connectivity index (χ1v) is 7.17. The Labute approximate surface area is 116 Å². The van der Waals surface area contributed by atoms with Crippen LogP contribution in [0.25, 0.3) is 0 Å². The van der Waals surface area contributed by atoms with Crippen molar-refractivity contribution in [2.75, 3.05) is 5.88 Å². The van der Waals surface area contributed by atoms with Gasteiger partial charge in [-0.15, -0.1) is 11.6 Å². The largest absolute Gasteiger partial charge is 0.416 e. The lowest BCUT2D eigenvalue weighted by Crippen LogP contribution is -2.24. The summed E-state index contributed by atoms with van der Waals surface area (Å²) >= 11 is 6.11. The van der Waals surface area contributed by atoms with Crippen LogP contribution in [-0.4, -0.2) is 5.88 Å². The maximum atomic E-state index is 12.7. The average molecular weight is 289 g/mol. The Morgan fingerprint density at radius 1 is 1.21 bits per heavy atom. The third kappa shape index (κ3) is 2.62. The molecule has 2 fully saturated rings. The molecule has 1 aromatic carbocycles. The maximum Gasteiger partial charge on any atom is 0.416 e. The highest BCUT2D eigenvalue weighted by Gasteiger charge is 2.53. The van der Waals surface area contributed by atoms with Crippen molar-refractivity contribution >= 4 is 11.6 Å². The van der Waals surface area contributed by atoms with Gasteiger partial charge in [0.25, 0.3) is 0 Å². The summed E-state index contributed by atoms with van der Waals surface area (Å²) in [5, 5.41) is 0. The number of hydrogen-bond acceptors (Lipinski definition) is 0. The first-order chi connectivity index (χ1) is 8.92. The maximum absolute atomic E-state index is 12.7. The number of alkyl halides is 4. The number of fused-ring (bicyclic) bond motifs is 1. The van der Waals surface area contributed by atoms with Gasteiger partial charge in [0.15, 0.2) is 0 Å². The van der Waals surface area contributed by atoms with Crippen molar-refractivity contribution in [1.29, 1.82) is 0 Å². The van der Waals surface area contributed by atoms with Crippen LogP contribution in [0.15, 0.2) is 24.3 Å². The normalized spacial score (nSPS) is 33.3. The van der Waals surface area contributed by atoms with Crippen molar-refractivity contribution in [2.24, 2.45) is 17.3 Å². The predicted molar refractivity (Wildman–Crippen MR) is 69.1 cm³/mol. The van der Waals surface area contributed by atoms with Crippen LogP contribution in [0.3, 0.4) is 0 Å². The van der Waals surface area contributed by atoms with Crippen LogP contribution in [0, 0.1) is 17.3 Å². The minimum Gasteiger partial charge on any atom is -0.166 e. The Morgan fingerprint density at radius 3 is 2.47 bits per heavy atom. The third-order valence-corrected chi connectivity index (χ3v) is 5.14. The van der Waals surface area contributed by atoms with Crippen molar-refractivity contribution in [3.63, 3.8) is 0 Å². The fourth-order valence-electron chi connectivity index (χ4n) is 3.60. The summed E-state index contributed by atoms with van der Waals surface area (Å²) in [6.07, 6.45) is -0.134. The summed E-state index contributed by atoms with van der Waals surface area (Å²) in [5.41, 5.74) is 0.231. The molecule has 3 rings (SSSR count). The van der Waals surface area contributed by atoms with Gasteiger partial charge in [0.1, 0.15) is 0 Å². The van der Waals surface area contributed by atoms with Crippen LogP contribution in [0.2, 0.25) is 0 Å². The number of rotatable bonds is 3.